The van der Waals surface area contributed by atoms with E-state index in [0.29, 0.717) is 19.4 Å². The van der Waals surface area contributed by atoms with Gasteiger partial charge in [0.05, 0.1) is 5.92 Å². The normalized spacial score (nSPS) is 25.9. The maximum atomic E-state index is 11.7. The molecule has 0 aromatic carbocycles. The number of rotatable bonds is 5. The van der Waals surface area contributed by atoms with Crippen LogP contribution in [0.5, 0.6) is 0 Å². The Morgan fingerprint density at radius 2 is 2.00 bits per heavy atom. The summed E-state index contributed by atoms with van der Waals surface area (Å²) in [6, 6.07) is -0.00123. The number of carbonyl (C=O) groups is 2. The quantitative estimate of drug-likeness (QED) is 0.677. The molecule has 0 heterocycles. The molecule has 3 N–H and O–H groups in total. The Morgan fingerprint density at radius 1 is 1.25 bits per heavy atom. The first-order valence-electron chi connectivity index (χ1n) is 7.60. The second kappa shape index (κ2) is 7.31. The molecule has 2 aliphatic rings. The highest BCUT2D eigenvalue weighted by molar-refractivity contribution is 5.74. The fourth-order valence-corrected chi connectivity index (χ4v) is 3.02. The number of allylic oxidation sites excluding steroid dienone is 1. The molecule has 0 aromatic heterocycles. The Kier molecular flexibility index (Phi) is 5.44. The summed E-state index contributed by atoms with van der Waals surface area (Å²) in [6.45, 7) is 0.683. The first-order valence-corrected chi connectivity index (χ1v) is 7.60. The minimum atomic E-state index is -0.710. The number of carboxylic acids is 1. The van der Waals surface area contributed by atoms with Crippen molar-refractivity contribution in [1.29, 1.82) is 0 Å². The molecule has 0 atom stereocenters. The minimum absolute atomic E-state index is 0.122. The monoisotopic (exact) mass is 280 g/mol. The number of hydrogen-bond acceptors (Lipinski definition) is 2. The van der Waals surface area contributed by atoms with E-state index in [2.05, 4.69) is 16.7 Å². The fourth-order valence-electron chi connectivity index (χ4n) is 3.02. The Hall–Kier alpha value is -1.52. The predicted molar refractivity (Wildman–Crippen MR) is 76.5 cm³/mol. The molecule has 0 bridgehead atoms. The summed E-state index contributed by atoms with van der Waals surface area (Å²) in [5.41, 5.74) is 1.45. The van der Waals surface area contributed by atoms with Crippen LogP contribution < -0.4 is 10.6 Å². The lowest BCUT2D eigenvalue weighted by atomic mass is 9.86. The zero-order chi connectivity index (χ0) is 14.4. The van der Waals surface area contributed by atoms with Gasteiger partial charge in [0.2, 0.25) is 0 Å². The highest BCUT2D eigenvalue weighted by Gasteiger charge is 2.26. The van der Waals surface area contributed by atoms with Gasteiger partial charge in [-0.05, 0) is 51.4 Å². The lowest BCUT2D eigenvalue weighted by Crippen LogP contribution is -2.44. The van der Waals surface area contributed by atoms with Crippen LogP contribution in [0.2, 0.25) is 0 Å². The van der Waals surface area contributed by atoms with Crippen LogP contribution in [0, 0.1) is 5.92 Å². The lowest BCUT2D eigenvalue weighted by Gasteiger charge is -2.26. The van der Waals surface area contributed by atoms with Crippen LogP contribution >= 0.6 is 0 Å². The summed E-state index contributed by atoms with van der Waals surface area (Å²) in [4.78, 5) is 22.6. The molecule has 0 unspecified atom stereocenters. The van der Waals surface area contributed by atoms with Gasteiger partial charge in [0.25, 0.3) is 0 Å². The van der Waals surface area contributed by atoms with Crippen molar-refractivity contribution in [1.82, 2.24) is 10.6 Å². The number of carbonyl (C=O) groups excluding carboxylic acids is 1. The first-order chi connectivity index (χ1) is 9.65. The minimum Gasteiger partial charge on any atom is -0.481 e. The molecule has 2 rings (SSSR count). The molecule has 2 aliphatic carbocycles. The number of hydrogen-bond donors (Lipinski definition) is 3. The van der Waals surface area contributed by atoms with E-state index in [-0.39, 0.29) is 18.0 Å². The Bertz CT molecular complexity index is 385. The van der Waals surface area contributed by atoms with E-state index in [9.17, 15) is 9.59 Å². The zero-order valence-corrected chi connectivity index (χ0v) is 11.9. The van der Waals surface area contributed by atoms with Crippen LogP contribution in [0.1, 0.15) is 51.4 Å². The van der Waals surface area contributed by atoms with Gasteiger partial charge >= 0.3 is 12.0 Å². The number of urea groups is 1. The standard InChI is InChI=1S/C15H24N2O3/c18-14(19)12-5-7-13(8-6-12)17-15(20)16-10-9-11-3-1-2-4-11/h3,12-13H,1-2,4-10H2,(H,18,19)(H2,16,17,20). The topological polar surface area (TPSA) is 78.4 Å². The third-order valence-corrected chi connectivity index (χ3v) is 4.28. The van der Waals surface area contributed by atoms with Crippen molar-refractivity contribution >= 4 is 12.0 Å². The van der Waals surface area contributed by atoms with Crippen LogP contribution in [0.4, 0.5) is 4.79 Å². The number of carboxylic acid groups (broad SMARTS) is 1. The maximum Gasteiger partial charge on any atom is 0.315 e. The largest absolute Gasteiger partial charge is 0.481 e. The molecule has 112 valence electrons. The summed E-state index contributed by atoms with van der Waals surface area (Å²) in [5.74, 6) is -0.942. The number of aliphatic carboxylic acids is 1. The van der Waals surface area contributed by atoms with Crippen molar-refractivity contribution in [3.63, 3.8) is 0 Å². The van der Waals surface area contributed by atoms with Gasteiger partial charge in [0.15, 0.2) is 0 Å². The summed E-state index contributed by atoms with van der Waals surface area (Å²) >= 11 is 0. The third-order valence-electron chi connectivity index (χ3n) is 4.28. The summed E-state index contributed by atoms with van der Waals surface area (Å²) in [5, 5.41) is 14.7. The smallest absolute Gasteiger partial charge is 0.315 e. The van der Waals surface area contributed by atoms with Gasteiger partial charge in [-0.3, -0.25) is 4.79 Å². The van der Waals surface area contributed by atoms with Crippen molar-refractivity contribution in [2.45, 2.75) is 57.4 Å². The van der Waals surface area contributed by atoms with Crippen LogP contribution in [-0.4, -0.2) is 29.7 Å². The molecule has 0 aromatic rings. The molecule has 0 aliphatic heterocycles. The molecular weight excluding hydrogens is 256 g/mol. The van der Waals surface area contributed by atoms with Gasteiger partial charge in [0, 0.05) is 12.6 Å². The van der Waals surface area contributed by atoms with Gasteiger partial charge in [-0.2, -0.15) is 0 Å². The Morgan fingerprint density at radius 3 is 2.60 bits per heavy atom. The highest BCUT2D eigenvalue weighted by Crippen LogP contribution is 2.24. The first kappa shape index (κ1) is 14.9. The molecule has 0 spiro atoms. The summed E-state index contributed by atoms with van der Waals surface area (Å²) in [7, 11) is 0. The van der Waals surface area contributed by atoms with Crippen LogP contribution in [0.15, 0.2) is 11.6 Å². The van der Waals surface area contributed by atoms with Gasteiger partial charge in [-0.25, -0.2) is 4.79 Å². The summed E-state index contributed by atoms with van der Waals surface area (Å²) in [6.07, 6.45) is 9.64. The van der Waals surface area contributed by atoms with Crippen molar-refractivity contribution in [2.24, 2.45) is 5.92 Å². The second-order valence-electron chi connectivity index (χ2n) is 5.79. The molecule has 0 radical (unpaired) electrons. The Balaban J connectivity index is 1.59. The van der Waals surface area contributed by atoms with E-state index in [0.717, 1.165) is 19.3 Å². The van der Waals surface area contributed by atoms with E-state index in [1.165, 1.54) is 24.8 Å². The molecular formula is C15H24N2O3. The van der Waals surface area contributed by atoms with Crippen molar-refractivity contribution in [3.05, 3.63) is 11.6 Å². The average Bonchev–Trinajstić information content (AvgIpc) is 2.92. The van der Waals surface area contributed by atoms with E-state index in [1.807, 2.05) is 0 Å². The molecule has 0 saturated heterocycles. The number of nitrogens with one attached hydrogen (secondary N) is 2. The predicted octanol–water partition coefficient (Wildman–Crippen LogP) is 2.43. The van der Waals surface area contributed by atoms with E-state index >= 15 is 0 Å². The average molecular weight is 280 g/mol. The highest BCUT2D eigenvalue weighted by atomic mass is 16.4. The molecule has 5 heteroatoms. The van der Waals surface area contributed by atoms with Crippen molar-refractivity contribution in [3.8, 4) is 0 Å². The lowest BCUT2D eigenvalue weighted by molar-refractivity contribution is -0.142. The molecule has 1 fully saturated rings. The molecule has 5 nitrogen and oxygen atoms in total. The second-order valence-corrected chi connectivity index (χ2v) is 5.79. The zero-order valence-electron chi connectivity index (χ0n) is 11.9. The van der Waals surface area contributed by atoms with E-state index in [1.54, 1.807) is 0 Å². The van der Waals surface area contributed by atoms with Gasteiger partial charge < -0.3 is 15.7 Å². The molecule has 20 heavy (non-hydrogen) atoms. The Labute approximate surface area is 119 Å². The van der Waals surface area contributed by atoms with E-state index < -0.39 is 5.97 Å². The van der Waals surface area contributed by atoms with Gasteiger partial charge in [-0.1, -0.05) is 11.6 Å². The van der Waals surface area contributed by atoms with Gasteiger partial charge in [-0.15, -0.1) is 0 Å². The van der Waals surface area contributed by atoms with Gasteiger partial charge in [0.1, 0.15) is 0 Å². The molecule has 2 amide bonds. The SMILES string of the molecule is O=C(NCCC1=CCCC1)NC1CCC(C(=O)O)CC1. The van der Waals surface area contributed by atoms with Crippen molar-refractivity contribution in [2.75, 3.05) is 6.54 Å². The number of amides is 2. The third kappa shape index (κ3) is 4.54. The summed E-state index contributed by atoms with van der Waals surface area (Å²) < 4.78 is 0. The molecule has 1 saturated carbocycles. The van der Waals surface area contributed by atoms with Crippen LogP contribution in [0.3, 0.4) is 0 Å². The van der Waals surface area contributed by atoms with Crippen LogP contribution in [0.25, 0.3) is 0 Å². The van der Waals surface area contributed by atoms with Crippen LogP contribution in [-0.2, 0) is 4.79 Å². The maximum absolute atomic E-state index is 11.7. The van der Waals surface area contributed by atoms with Crippen molar-refractivity contribution < 1.29 is 14.7 Å². The van der Waals surface area contributed by atoms with E-state index in [4.69, 9.17) is 5.11 Å². The fraction of sp³-hybridized carbons (Fsp3) is 0.733.